The van der Waals surface area contributed by atoms with E-state index in [1.54, 1.807) is 5.51 Å². The average Bonchev–Trinajstić information content (AvgIpc) is 2.88. The van der Waals surface area contributed by atoms with Gasteiger partial charge < -0.3 is 0 Å². The summed E-state index contributed by atoms with van der Waals surface area (Å²) >= 11 is 1.52. The molecule has 2 aromatic rings. The Balaban J connectivity index is 2.44. The van der Waals surface area contributed by atoms with E-state index in [0.29, 0.717) is 5.56 Å². The third-order valence-corrected chi connectivity index (χ3v) is 3.28. The summed E-state index contributed by atoms with van der Waals surface area (Å²) in [6, 6.07) is 7.97. The minimum atomic E-state index is 0.00389. The molecule has 0 amide bonds. The number of aromatic nitrogens is 1. The lowest BCUT2D eigenvalue weighted by Crippen LogP contribution is -2.11. The third kappa shape index (κ3) is 3.44. The van der Waals surface area contributed by atoms with Gasteiger partial charge in [0.05, 0.1) is 17.1 Å². The van der Waals surface area contributed by atoms with Gasteiger partial charge in [0, 0.05) is 10.9 Å². The molecular weight excluding hydrogens is 252 g/mol. The van der Waals surface area contributed by atoms with Crippen LogP contribution in [0.4, 0.5) is 0 Å². The Morgan fingerprint density at radius 1 is 1.11 bits per heavy atom. The number of thiazole rings is 1. The Kier molecular flexibility index (Phi) is 3.69. The maximum absolute atomic E-state index is 9.10. The molecule has 0 aliphatic carbocycles. The fourth-order valence-corrected chi connectivity index (χ4v) is 2.09. The molecular formula is C16H14N2S. The second kappa shape index (κ2) is 5.26. The molecule has 94 valence electrons. The van der Waals surface area contributed by atoms with Crippen LogP contribution in [0.2, 0.25) is 0 Å². The van der Waals surface area contributed by atoms with Gasteiger partial charge in [0.25, 0.3) is 0 Å². The molecule has 1 aromatic carbocycles. The molecule has 0 saturated heterocycles. The van der Waals surface area contributed by atoms with E-state index in [-0.39, 0.29) is 5.41 Å². The summed E-state index contributed by atoms with van der Waals surface area (Å²) in [7, 11) is 0. The highest BCUT2D eigenvalue weighted by Crippen LogP contribution is 2.24. The standard InChI is InChI=1S/C16H14N2S/c1-16(2,3)14-7-12(6-13(8-14)9-17)4-5-15-10-19-11-18-15/h6-8,10-11H,1-3H3. The third-order valence-electron chi connectivity index (χ3n) is 2.70. The molecule has 0 atom stereocenters. The number of benzene rings is 1. The monoisotopic (exact) mass is 266 g/mol. The normalized spacial score (nSPS) is 10.4. The maximum Gasteiger partial charge on any atom is 0.124 e. The predicted molar refractivity (Wildman–Crippen MR) is 78.0 cm³/mol. The van der Waals surface area contributed by atoms with Crippen LogP contribution in [0.1, 0.15) is 43.2 Å². The number of nitriles is 1. The van der Waals surface area contributed by atoms with Crippen molar-refractivity contribution >= 4 is 11.3 Å². The molecule has 3 heteroatoms. The zero-order chi connectivity index (χ0) is 13.9. The van der Waals surface area contributed by atoms with Crippen LogP contribution in [0.25, 0.3) is 0 Å². The lowest BCUT2D eigenvalue weighted by Gasteiger charge is -2.19. The second-order valence-corrected chi connectivity index (χ2v) is 6.00. The lowest BCUT2D eigenvalue weighted by molar-refractivity contribution is 0.590. The van der Waals surface area contributed by atoms with Crippen LogP contribution in [0, 0.1) is 23.2 Å². The van der Waals surface area contributed by atoms with Gasteiger partial charge in [-0.25, -0.2) is 4.98 Å². The van der Waals surface area contributed by atoms with Gasteiger partial charge in [-0.2, -0.15) is 5.26 Å². The van der Waals surface area contributed by atoms with Gasteiger partial charge >= 0.3 is 0 Å². The Morgan fingerprint density at radius 2 is 1.84 bits per heavy atom. The first-order chi connectivity index (χ1) is 8.99. The van der Waals surface area contributed by atoms with E-state index in [1.165, 1.54) is 11.3 Å². The minimum absolute atomic E-state index is 0.00389. The van der Waals surface area contributed by atoms with Crippen molar-refractivity contribution in [2.75, 3.05) is 0 Å². The molecule has 0 fully saturated rings. The highest BCUT2D eigenvalue weighted by molar-refractivity contribution is 7.07. The zero-order valence-electron chi connectivity index (χ0n) is 11.2. The van der Waals surface area contributed by atoms with E-state index in [1.807, 2.05) is 23.6 Å². The Bertz CT molecular complexity index is 674. The number of rotatable bonds is 0. The topological polar surface area (TPSA) is 36.7 Å². The summed E-state index contributed by atoms with van der Waals surface area (Å²) in [6.45, 7) is 6.38. The van der Waals surface area contributed by atoms with E-state index in [0.717, 1.165) is 16.8 Å². The Labute approximate surface area is 117 Å². The maximum atomic E-state index is 9.10. The van der Waals surface area contributed by atoms with Crippen molar-refractivity contribution < 1.29 is 0 Å². The van der Waals surface area contributed by atoms with E-state index in [2.05, 4.69) is 43.7 Å². The van der Waals surface area contributed by atoms with Crippen molar-refractivity contribution in [1.29, 1.82) is 5.26 Å². The molecule has 0 unspecified atom stereocenters. The highest BCUT2D eigenvalue weighted by atomic mass is 32.1. The van der Waals surface area contributed by atoms with E-state index in [4.69, 9.17) is 5.26 Å². The quantitative estimate of drug-likeness (QED) is 0.681. The van der Waals surface area contributed by atoms with Gasteiger partial charge in [0.2, 0.25) is 0 Å². The Hall–Kier alpha value is -2.10. The van der Waals surface area contributed by atoms with Gasteiger partial charge in [-0.05, 0) is 35.1 Å². The van der Waals surface area contributed by atoms with E-state index >= 15 is 0 Å². The largest absolute Gasteiger partial charge is 0.236 e. The zero-order valence-corrected chi connectivity index (χ0v) is 12.0. The molecule has 0 aliphatic rings. The van der Waals surface area contributed by atoms with Gasteiger partial charge in [0.15, 0.2) is 0 Å². The fourth-order valence-electron chi connectivity index (χ4n) is 1.61. The van der Waals surface area contributed by atoms with Gasteiger partial charge in [-0.1, -0.05) is 26.7 Å². The molecule has 1 aromatic heterocycles. The summed E-state index contributed by atoms with van der Waals surface area (Å²) < 4.78 is 0. The number of nitrogens with zero attached hydrogens (tertiary/aromatic N) is 2. The molecule has 2 nitrogen and oxygen atoms in total. The SMILES string of the molecule is CC(C)(C)c1cc(C#N)cc(C#Cc2cscn2)c1. The molecule has 0 N–H and O–H groups in total. The van der Waals surface area contributed by atoms with Gasteiger partial charge in [-0.15, -0.1) is 11.3 Å². The van der Waals surface area contributed by atoms with Crippen LogP contribution < -0.4 is 0 Å². The highest BCUT2D eigenvalue weighted by Gasteiger charge is 2.14. The molecule has 2 rings (SSSR count). The molecule has 1 heterocycles. The lowest BCUT2D eigenvalue weighted by atomic mass is 9.85. The summed E-state index contributed by atoms with van der Waals surface area (Å²) in [5, 5.41) is 11.0. The van der Waals surface area contributed by atoms with Gasteiger partial charge in [-0.3, -0.25) is 0 Å². The molecule has 0 saturated carbocycles. The summed E-state index contributed by atoms with van der Waals surface area (Å²) in [4.78, 5) is 4.12. The van der Waals surface area contributed by atoms with Crippen molar-refractivity contribution in [3.8, 4) is 17.9 Å². The van der Waals surface area contributed by atoms with Crippen molar-refractivity contribution in [2.45, 2.75) is 26.2 Å². The summed E-state index contributed by atoms with van der Waals surface area (Å²) in [5.41, 5.74) is 5.16. The number of hydrogen-bond acceptors (Lipinski definition) is 3. The fraction of sp³-hybridized carbons (Fsp3) is 0.250. The van der Waals surface area contributed by atoms with Gasteiger partial charge in [0.1, 0.15) is 5.69 Å². The van der Waals surface area contributed by atoms with E-state index in [9.17, 15) is 0 Å². The smallest absolute Gasteiger partial charge is 0.124 e. The van der Waals surface area contributed by atoms with Crippen LogP contribution in [0.3, 0.4) is 0 Å². The first-order valence-electron chi connectivity index (χ1n) is 5.95. The predicted octanol–water partition coefficient (Wildman–Crippen LogP) is 3.71. The second-order valence-electron chi connectivity index (χ2n) is 5.28. The van der Waals surface area contributed by atoms with Crippen molar-refractivity contribution in [3.63, 3.8) is 0 Å². The molecule has 0 spiro atoms. The average molecular weight is 266 g/mol. The first-order valence-corrected chi connectivity index (χ1v) is 6.89. The minimum Gasteiger partial charge on any atom is -0.236 e. The first kappa shape index (κ1) is 13.3. The van der Waals surface area contributed by atoms with Crippen LogP contribution >= 0.6 is 11.3 Å². The van der Waals surface area contributed by atoms with Crippen LogP contribution in [0.15, 0.2) is 29.1 Å². The molecule has 19 heavy (non-hydrogen) atoms. The van der Waals surface area contributed by atoms with Crippen LogP contribution in [-0.2, 0) is 5.41 Å². The molecule has 0 radical (unpaired) electrons. The summed E-state index contributed by atoms with van der Waals surface area (Å²) in [5.74, 6) is 6.09. The van der Waals surface area contributed by atoms with Crippen molar-refractivity contribution in [2.24, 2.45) is 0 Å². The molecule has 0 aliphatic heterocycles. The molecule has 0 bridgehead atoms. The number of hydrogen-bond donors (Lipinski definition) is 0. The van der Waals surface area contributed by atoms with E-state index < -0.39 is 0 Å². The van der Waals surface area contributed by atoms with Crippen molar-refractivity contribution in [3.05, 3.63) is 51.5 Å². The van der Waals surface area contributed by atoms with Crippen LogP contribution in [0.5, 0.6) is 0 Å². The summed E-state index contributed by atoms with van der Waals surface area (Å²) in [6.07, 6.45) is 0. The van der Waals surface area contributed by atoms with Crippen molar-refractivity contribution in [1.82, 2.24) is 4.98 Å². The van der Waals surface area contributed by atoms with Crippen LogP contribution in [-0.4, -0.2) is 4.98 Å². The Morgan fingerprint density at radius 3 is 2.42 bits per heavy atom.